The molecule has 0 radical (unpaired) electrons. The maximum absolute atomic E-state index is 14.3. The Labute approximate surface area is 274 Å². The lowest BCUT2D eigenvalue weighted by Crippen LogP contribution is -2.53. The van der Waals surface area contributed by atoms with Gasteiger partial charge in [-0.15, -0.1) is 0 Å². The van der Waals surface area contributed by atoms with E-state index in [0.29, 0.717) is 18.5 Å². The minimum absolute atomic E-state index is 0.0925. The van der Waals surface area contributed by atoms with Crippen molar-refractivity contribution < 1.29 is 19.4 Å². The molecule has 1 saturated heterocycles. The largest absolute Gasteiger partial charge is 0.447 e. The summed E-state index contributed by atoms with van der Waals surface area (Å²) in [5.41, 5.74) is 2.69. The van der Waals surface area contributed by atoms with Crippen LogP contribution < -0.4 is 4.90 Å². The van der Waals surface area contributed by atoms with Gasteiger partial charge in [-0.3, -0.25) is 14.4 Å². The molecule has 1 atom stereocenters. The molecule has 8 rings (SSSR count). The SMILES string of the molecule is CC(COC(=O)N1CC(O)C1)n1cc(-c2ccnc(N(CC34CCC(C5CCCCC5)(CC3)CC4)C(=O)C3CCCCC3)c2)cn1. The van der Waals surface area contributed by atoms with Gasteiger partial charge in [0, 0.05) is 30.4 Å². The summed E-state index contributed by atoms with van der Waals surface area (Å²) in [6.07, 6.45) is 25.1. The van der Waals surface area contributed by atoms with Gasteiger partial charge in [0.05, 0.1) is 31.4 Å². The maximum Gasteiger partial charge on any atom is 0.410 e. The number of likely N-dealkylation sites (tertiary alicyclic amines) is 1. The Morgan fingerprint density at radius 3 is 2.33 bits per heavy atom. The van der Waals surface area contributed by atoms with Crippen molar-refractivity contribution in [1.29, 1.82) is 0 Å². The Bertz CT molecular complexity index is 1350. The fourth-order valence-electron chi connectivity index (χ4n) is 9.47. The highest BCUT2D eigenvalue weighted by atomic mass is 16.6. The zero-order valence-corrected chi connectivity index (χ0v) is 27.7. The molecule has 5 saturated carbocycles. The molecule has 3 heterocycles. The normalized spacial score (nSPS) is 28.1. The number of aliphatic hydroxyl groups is 1. The fraction of sp³-hybridized carbons (Fsp3) is 0.730. The van der Waals surface area contributed by atoms with Gasteiger partial charge in [-0.05, 0) is 106 Å². The van der Waals surface area contributed by atoms with Crippen LogP contribution in [0.1, 0.15) is 116 Å². The van der Waals surface area contributed by atoms with E-state index in [1.807, 2.05) is 36.3 Å². The van der Waals surface area contributed by atoms with Crippen LogP contribution in [0.2, 0.25) is 0 Å². The Kier molecular flexibility index (Phi) is 9.14. The average molecular weight is 632 g/mol. The van der Waals surface area contributed by atoms with Crippen LogP contribution in [-0.2, 0) is 9.53 Å². The summed E-state index contributed by atoms with van der Waals surface area (Å²) < 4.78 is 7.28. The molecule has 250 valence electrons. The van der Waals surface area contributed by atoms with Crippen LogP contribution in [0, 0.1) is 22.7 Å². The van der Waals surface area contributed by atoms with E-state index < -0.39 is 12.2 Å². The van der Waals surface area contributed by atoms with Crippen molar-refractivity contribution in [2.75, 3.05) is 31.1 Å². The molecular weight excluding hydrogens is 578 g/mol. The molecular formula is C37H53N5O4. The van der Waals surface area contributed by atoms with Gasteiger partial charge in [0.25, 0.3) is 0 Å². The molecule has 46 heavy (non-hydrogen) atoms. The first-order valence-electron chi connectivity index (χ1n) is 18.2. The van der Waals surface area contributed by atoms with Gasteiger partial charge in [0.2, 0.25) is 5.91 Å². The van der Waals surface area contributed by atoms with Crippen molar-refractivity contribution in [3.63, 3.8) is 0 Å². The van der Waals surface area contributed by atoms with Gasteiger partial charge in [0.1, 0.15) is 12.4 Å². The quantitative estimate of drug-likeness (QED) is 0.315. The summed E-state index contributed by atoms with van der Waals surface area (Å²) in [4.78, 5) is 35.0. The molecule has 2 bridgehead atoms. The van der Waals surface area contributed by atoms with E-state index in [1.54, 1.807) is 0 Å². The van der Waals surface area contributed by atoms with Gasteiger partial charge in [-0.2, -0.15) is 5.10 Å². The predicted molar refractivity (Wildman–Crippen MR) is 177 cm³/mol. The number of aliphatic hydroxyl groups excluding tert-OH is 1. The lowest BCUT2D eigenvalue weighted by atomic mass is 9.48. The van der Waals surface area contributed by atoms with Crippen LogP contribution in [0.5, 0.6) is 0 Å². The lowest BCUT2D eigenvalue weighted by Gasteiger charge is -2.58. The number of carbonyl (C=O) groups excluding carboxylic acids is 2. The van der Waals surface area contributed by atoms with Crippen molar-refractivity contribution in [2.24, 2.45) is 22.7 Å². The third kappa shape index (κ3) is 6.45. The number of nitrogens with zero attached hydrogens (tertiary/aromatic N) is 5. The fourth-order valence-corrected chi connectivity index (χ4v) is 9.47. The van der Waals surface area contributed by atoms with Crippen molar-refractivity contribution in [2.45, 2.75) is 122 Å². The Hall–Kier alpha value is -2.94. The van der Waals surface area contributed by atoms with Gasteiger partial charge in [-0.1, -0.05) is 38.5 Å². The van der Waals surface area contributed by atoms with E-state index in [4.69, 9.17) is 9.72 Å². The predicted octanol–water partition coefficient (Wildman–Crippen LogP) is 7.15. The molecule has 6 fully saturated rings. The maximum atomic E-state index is 14.3. The molecule has 5 aliphatic carbocycles. The van der Waals surface area contributed by atoms with Gasteiger partial charge in [0.15, 0.2) is 0 Å². The highest BCUT2D eigenvalue weighted by Gasteiger charge is 2.52. The summed E-state index contributed by atoms with van der Waals surface area (Å²) in [5, 5.41) is 14.0. The Balaban J connectivity index is 1.07. The van der Waals surface area contributed by atoms with E-state index >= 15 is 0 Å². The second kappa shape index (κ2) is 13.3. The molecule has 0 spiro atoms. The topological polar surface area (TPSA) is 101 Å². The van der Waals surface area contributed by atoms with Crippen LogP contribution >= 0.6 is 0 Å². The Morgan fingerprint density at radius 2 is 1.65 bits per heavy atom. The molecule has 1 unspecified atom stereocenters. The molecule has 9 heteroatoms. The van der Waals surface area contributed by atoms with Crippen LogP contribution in [0.3, 0.4) is 0 Å². The number of pyridine rings is 1. The van der Waals surface area contributed by atoms with E-state index in [9.17, 15) is 14.7 Å². The highest BCUT2D eigenvalue weighted by Crippen LogP contribution is 2.62. The van der Waals surface area contributed by atoms with Crippen LogP contribution in [-0.4, -0.2) is 69.1 Å². The van der Waals surface area contributed by atoms with Crippen molar-refractivity contribution in [3.8, 4) is 11.1 Å². The smallest absolute Gasteiger partial charge is 0.410 e. The van der Waals surface area contributed by atoms with E-state index in [0.717, 1.165) is 55.1 Å². The third-order valence-electron chi connectivity index (χ3n) is 12.6. The molecule has 2 amide bonds. The number of rotatable bonds is 9. The first kappa shape index (κ1) is 31.6. The number of amides is 2. The second-order valence-electron chi connectivity index (χ2n) is 15.6. The Morgan fingerprint density at radius 1 is 0.978 bits per heavy atom. The molecule has 1 N–H and O–H groups in total. The van der Waals surface area contributed by atoms with Gasteiger partial charge in [-0.25, -0.2) is 9.78 Å². The number of β-amino-alcohol motifs (C(OH)–C–C–N with tert-alkyl or cyclic N) is 1. The number of carbonyl (C=O) groups is 2. The lowest BCUT2D eigenvalue weighted by molar-refractivity contribution is -0.124. The number of hydrogen-bond donors (Lipinski definition) is 1. The van der Waals surface area contributed by atoms with Gasteiger partial charge >= 0.3 is 6.09 Å². The van der Waals surface area contributed by atoms with Crippen molar-refractivity contribution >= 4 is 17.8 Å². The first-order valence-corrected chi connectivity index (χ1v) is 18.2. The molecule has 2 aromatic rings. The molecule has 9 nitrogen and oxygen atoms in total. The first-order chi connectivity index (χ1) is 22.3. The number of ether oxygens (including phenoxy) is 1. The molecule has 0 aromatic carbocycles. The number of anilines is 1. The standard InChI is InChI=1S/C37H53N5O4/c1-27(25-46-35(45)40-23-32(43)24-40)42-22-30(21-39-42)29-12-19-38-33(20-29)41(34(44)28-8-4-2-5-9-28)26-36-13-16-37(17-14-36,18-15-36)31-10-6-3-7-11-31/h12,19-22,27-28,31-32,43H,2-11,13-18,23-26H2,1H3. The van der Waals surface area contributed by atoms with Crippen molar-refractivity contribution in [3.05, 3.63) is 30.7 Å². The van der Waals surface area contributed by atoms with E-state index in [2.05, 4.69) is 16.1 Å². The number of aromatic nitrogens is 3. The number of hydrogen-bond acceptors (Lipinski definition) is 6. The molecule has 6 aliphatic rings. The molecule has 2 aromatic heterocycles. The highest BCUT2D eigenvalue weighted by molar-refractivity contribution is 5.95. The summed E-state index contributed by atoms with van der Waals surface area (Å²) in [6, 6.07) is 3.93. The number of fused-ring (bicyclic) bond motifs is 3. The average Bonchev–Trinajstić information content (AvgIpc) is 3.60. The summed E-state index contributed by atoms with van der Waals surface area (Å²) in [6.45, 7) is 3.60. The second-order valence-corrected chi connectivity index (χ2v) is 15.6. The van der Waals surface area contributed by atoms with Gasteiger partial charge < -0.3 is 14.7 Å². The summed E-state index contributed by atoms with van der Waals surface area (Å²) in [7, 11) is 0. The summed E-state index contributed by atoms with van der Waals surface area (Å²) in [5.74, 6) is 2.05. The van der Waals surface area contributed by atoms with Crippen molar-refractivity contribution in [1.82, 2.24) is 19.7 Å². The van der Waals surface area contributed by atoms with Crippen LogP contribution in [0.25, 0.3) is 11.1 Å². The third-order valence-corrected chi connectivity index (χ3v) is 12.6. The minimum Gasteiger partial charge on any atom is -0.447 e. The zero-order chi connectivity index (χ0) is 31.7. The minimum atomic E-state index is -0.450. The summed E-state index contributed by atoms with van der Waals surface area (Å²) >= 11 is 0. The monoisotopic (exact) mass is 631 g/mol. The van der Waals surface area contributed by atoms with E-state index in [-0.39, 0.29) is 29.9 Å². The zero-order valence-electron chi connectivity index (χ0n) is 27.7. The van der Waals surface area contributed by atoms with E-state index in [1.165, 1.54) is 81.9 Å². The van der Waals surface area contributed by atoms with Crippen LogP contribution in [0.15, 0.2) is 30.7 Å². The van der Waals surface area contributed by atoms with Crippen LogP contribution in [0.4, 0.5) is 10.6 Å². The molecule has 1 aliphatic heterocycles.